The van der Waals surface area contributed by atoms with E-state index in [1.807, 2.05) is 17.0 Å². The molecule has 3 rings (SSSR count). The van der Waals surface area contributed by atoms with E-state index in [0.717, 1.165) is 0 Å². The summed E-state index contributed by atoms with van der Waals surface area (Å²) in [6.07, 6.45) is 0. The van der Waals surface area contributed by atoms with E-state index in [0.29, 0.717) is 43.2 Å². The van der Waals surface area contributed by atoms with Crippen molar-refractivity contribution in [3.05, 3.63) is 59.9 Å². The van der Waals surface area contributed by atoms with Gasteiger partial charge in [0.1, 0.15) is 11.6 Å². The number of hydrogen-bond acceptors (Lipinski definition) is 4. The minimum absolute atomic E-state index is 0.0668. The Hall–Kier alpha value is -2.93. The number of nitrogens with zero attached hydrogens (tertiary/aromatic N) is 2. The number of benzene rings is 2. The molecule has 6 nitrogen and oxygen atoms in total. The third-order valence-electron chi connectivity index (χ3n) is 4.49. The Morgan fingerprint density at radius 2 is 1.70 bits per heavy atom. The van der Waals surface area contributed by atoms with Crippen LogP contribution < -0.4 is 10.1 Å². The molecule has 0 radical (unpaired) electrons. The molecule has 2 aromatic carbocycles. The predicted molar refractivity (Wildman–Crippen MR) is 100 cm³/mol. The average molecular weight is 371 g/mol. The summed E-state index contributed by atoms with van der Waals surface area (Å²) in [4.78, 5) is 28.6. The van der Waals surface area contributed by atoms with Gasteiger partial charge in [-0.25, -0.2) is 4.39 Å². The van der Waals surface area contributed by atoms with Crippen LogP contribution in [0.4, 0.5) is 10.1 Å². The SMILES string of the molecule is COc1ccccc1C(=O)N1CCN(CC(=O)Nc2ccc(F)cc2)CC1. The summed E-state index contributed by atoms with van der Waals surface area (Å²) in [7, 11) is 1.55. The molecule has 0 aromatic heterocycles. The fraction of sp³-hybridized carbons (Fsp3) is 0.300. The van der Waals surface area contributed by atoms with Crippen LogP contribution in [0.5, 0.6) is 5.75 Å². The second kappa shape index (κ2) is 8.64. The lowest BCUT2D eigenvalue weighted by Crippen LogP contribution is -2.50. The third kappa shape index (κ3) is 4.83. The van der Waals surface area contributed by atoms with Crippen LogP contribution >= 0.6 is 0 Å². The number of carbonyl (C=O) groups excluding carboxylic acids is 2. The Morgan fingerprint density at radius 3 is 2.37 bits per heavy atom. The van der Waals surface area contributed by atoms with Gasteiger partial charge >= 0.3 is 0 Å². The van der Waals surface area contributed by atoms with Crippen LogP contribution in [0.15, 0.2) is 48.5 Å². The maximum atomic E-state index is 12.9. The largest absolute Gasteiger partial charge is 0.496 e. The zero-order chi connectivity index (χ0) is 19.2. The van der Waals surface area contributed by atoms with E-state index in [1.165, 1.54) is 24.3 Å². The Bertz CT molecular complexity index is 802. The molecule has 1 heterocycles. The van der Waals surface area contributed by atoms with E-state index < -0.39 is 0 Å². The standard InChI is InChI=1S/C20H22FN3O3/c1-27-18-5-3-2-4-17(18)20(26)24-12-10-23(11-13-24)14-19(25)22-16-8-6-15(21)7-9-16/h2-9H,10-14H2,1H3,(H,22,25). The zero-order valence-electron chi connectivity index (χ0n) is 15.2. The summed E-state index contributed by atoms with van der Waals surface area (Å²) < 4.78 is 18.2. The van der Waals surface area contributed by atoms with Crippen molar-refractivity contribution in [2.45, 2.75) is 0 Å². The molecular formula is C20H22FN3O3. The van der Waals surface area contributed by atoms with Crippen molar-refractivity contribution >= 4 is 17.5 Å². The van der Waals surface area contributed by atoms with Crippen LogP contribution in [0.25, 0.3) is 0 Å². The molecule has 0 unspecified atom stereocenters. The molecule has 27 heavy (non-hydrogen) atoms. The van der Waals surface area contributed by atoms with Crippen LogP contribution in [0, 0.1) is 5.82 Å². The smallest absolute Gasteiger partial charge is 0.257 e. The van der Waals surface area contributed by atoms with Gasteiger partial charge in [-0.1, -0.05) is 12.1 Å². The van der Waals surface area contributed by atoms with Crippen molar-refractivity contribution in [3.8, 4) is 5.75 Å². The minimum atomic E-state index is -0.344. The number of nitrogens with one attached hydrogen (secondary N) is 1. The summed E-state index contributed by atoms with van der Waals surface area (Å²) in [5.41, 5.74) is 1.11. The summed E-state index contributed by atoms with van der Waals surface area (Å²) >= 11 is 0. The molecule has 2 amide bonds. The van der Waals surface area contributed by atoms with Gasteiger partial charge in [0.15, 0.2) is 0 Å². The lowest BCUT2D eigenvalue weighted by atomic mass is 10.1. The minimum Gasteiger partial charge on any atom is -0.496 e. The van der Waals surface area contributed by atoms with Crippen molar-refractivity contribution in [2.75, 3.05) is 45.2 Å². The first-order chi connectivity index (χ1) is 13.1. The van der Waals surface area contributed by atoms with Crippen molar-refractivity contribution < 1.29 is 18.7 Å². The Morgan fingerprint density at radius 1 is 1.04 bits per heavy atom. The first-order valence-corrected chi connectivity index (χ1v) is 8.77. The van der Waals surface area contributed by atoms with Gasteiger partial charge in [-0.3, -0.25) is 14.5 Å². The van der Waals surface area contributed by atoms with Gasteiger partial charge in [0.05, 0.1) is 19.2 Å². The number of amides is 2. The Kier molecular flexibility index (Phi) is 6.03. The van der Waals surface area contributed by atoms with Gasteiger partial charge in [0.2, 0.25) is 5.91 Å². The quantitative estimate of drug-likeness (QED) is 0.876. The van der Waals surface area contributed by atoms with E-state index in [2.05, 4.69) is 5.32 Å². The number of ether oxygens (including phenoxy) is 1. The molecule has 0 spiro atoms. The van der Waals surface area contributed by atoms with Gasteiger partial charge in [-0.2, -0.15) is 0 Å². The average Bonchev–Trinajstić information content (AvgIpc) is 2.69. The summed E-state index contributed by atoms with van der Waals surface area (Å²) in [5.74, 6) is -0.0126. The highest BCUT2D eigenvalue weighted by atomic mass is 19.1. The molecule has 0 aliphatic carbocycles. The number of hydrogen-bond donors (Lipinski definition) is 1. The van der Waals surface area contributed by atoms with E-state index >= 15 is 0 Å². The first kappa shape index (κ1) is 18.8. The lowest BCUT2D eigenvalue weighted by Gasteiger charge is -2.34. The number of piperazine rings is 1. The molecular weight excluding hydrogens is 349 g/mol. The highest BCUT2D eigenvalue weighted by Crippen LogP contribution is 2.20. The molecule has 2 aromatic rings. The van der Waals surface area contributed by atoms with E-state index in [4.69, 9.17) is 4.74 Å². The maximum Gasteiger partial charge on any atom is 0.257 e. The highest BCUT2D eigenvalue weighted by Gasteiger charge is 2.25. The zero-order valence-corrected chi connectivity index (χ0v) is 15.2. The van der Waals surface area contributed by atoms with Gasteiger partial charge in [-0.15, -0.1) is 0 Å². The van der Waals surface area contributed by atoms with Gasteiger partial charge in [-0.05, 0) is 36.4 Å². The third-order valence-corrected chi connectivity index (χ3v) is 4.49. The second-order valence-electron chi connectivity index (χ2n) is 6.32. The second-order valence-corrected chi connectivity index (χ2v) is 6.32. The number of para-hydroxylation sites is 1. The van der Waals surface area contributed by atoms with Crippen LogP contribution in [0.1, 0.15) is 10.4 Å². The van der Waals surface area contributed by atoms with Crippen molar-refractivity contribution in [3.63, 3.8) is 0 Å². The highest BCUT2D eigenvalue weighted by molar-refractivity contribution is 5.97. The number of carbonyl (C=O) groups is 2. The fourth-order valence-corrected chi connectivity index (χ4v) is 3.04. The van der Waals surface area contributed by atoms with E-state index in [1.54, 1.807) is 24.1 Å². The molecule has 1 aliphatic rings. The monoisotopic (exact) mass is 371 g/mol. The fourth-order valence-electron chi connectivity index (χ4n) is 3.04. The Labute approximate surface area is 157 Å². The number of rotatable bonds is 5. The number of anilines is 1. The lowest BCUT2D eigenvalue weighted by molar-refractivity contribution is -0.117. The van der Waals surface area contributed by atoms with Crippen LogP contribution in [0.3, 0.4) is 0 Å². The molecule has 142 valence electrons. The molecule has 0 saturated carbocycles. The first-order valence-electron chi connectivity index (χ1n) is 8.77. The molecule has 0 atom stereocenters. The van der Waals surface area contributed by atoms with Crippen LogP contribution in [-0.4, -0.2) is 61.4 Å². The molecule has 1 aliphatic heterocycles. The summed E-state index contributed by atoms with van der Waals surface area (Å²) in [5, 5.41) is 2.75. The predicted octanol–water partition coefficient (Wildman–Crippen LogP) is 2.23. The van der Waals surface area contributed by atoms with E-state index in [-0.39, 0.29) is 24.2 Å². The van der Waals surface area contributed by atoms with E-state index in [9.17, 15) is 14.0 Å². The summed E-state index contributed by atoms with van der Waals surface area (Å²) in [6, 6.07) is 12.8. The van der Waals surface area contributed by atoms with Crippen LogP contribution in [-0.2, 0) is 4.79 Å². The van der Waals surface area contributed by atoms with Gasteiger partial charge in [0, 0.05) is 31.9 Å². The number of halogens is 1. The maximum absolute atomic E-state index is 12.9. The number of methoxy groups -OCH3 is 1. The van der Waals surface area contributed by atoms with Crippen LogP contribution in [0.2, 0.25) is 0 Å². The Balaban J connectivity index is 1.50. The topological polar surface area (TPSA) is 61.9 Å². The van der Waals surface area contributed by atoms with Gasteiger partial charge < -0.3 is 15.0 Å². The molecule has 1 fully saturated rings. The molecule has 7 heteroatoms. The van der Waals surface area contributed by atoms with Crippen molar-refractivity contribution in [1.29, 1.82) is 0 Å². The normalized spacial score (nSPS) is 14.7. The van der Waals surface area contributed by atoms with Gasteiger partial charge in [0.25, 0.3) is 5.91 Å². The van der Waals surface area contributed by atoms with Crippen molar-refractivity contribution in [1.82, 2.24) is 9.80 Å². The molecule has 0 bridgehead atoms. The van der Waals surface area contributed by atoms with Crippen molar-refractivity contribution in [2.24, 2.45) is 0 Å². The molecule has 1 saturated heterocycles. The molecule has 1 N–H and O–H groups in total. The summed E-state index contributed by atoms with van der Waals surface area (Å²) in [6.45, 7) is 2.53.